The number of hydrogen-bond acceptors (Lipinski definition) is 6. The monoisotopic (exact) mass is 553 g/mol. The number of ether oxygens (including phenoxy) is 2. The van der Waals surface area contributed by atoms with Crippen molar-refractivity contribution < 1.29 is 24.2 Å². The number of alkyl carbamates (subject to hydrolysis) is 2. The topological polar surface area (TPSA) is 110 Å². The van der Waals surface area contributed by atoms with Gasteiger partial charge in [-0.2, -0.15) is 0 Å². The van der Waals surface area contributed by atoms with Gasteiger partial charge in [-0.15, -0.1) is 0 Å². The van der Waals surface area contributed by atoms with E-state index in [1.165, 1.54) is 0 Å². The van der Waals surface area contributed by atoms with E-state index < -0.39 is 30.4 Å². The maximum absolute atomic E-state index is 12.8. The van der Waals surface area contributed by atoms with E-state index >= 15 is 0 Å². The Bertz CT molecular complexity index is 1320. The zero-order valence-corrected chi connectivity index (χ0v) is 22.8. The van der Waals surface area contributed by atoms with Crippen LogP contribution in [0.15, 0.2) is 116 Å². The molecule has 8 nitrogen and oxygen atoms in total. The van der Waals surface area contributed by atoms with Gasteiger partial charge >= 0.3 is 12.2 Å². The summed E-state index contributed by atoms with van der Waals surface area (Å²) in [6.45, 7) is 0.188. The summed E-state index contributed by atoms with van der Waals surface area (Å²) in [5.74, 6) is 0. The van der Waals surface area contributed by atoms with Crippen molar-refractivity contribution in [1.29, 1.82) is 0 Å². The van der Waals surface area contributed by atoms with Crippen molar-refractivity contribution in [3.05, 3.63) is 138 Å². The van der Waals surface area contributed by atoms with Crippen LogP contribution in [0.1, 0.15) is 28.7 Å². The number of nitrogens with zero attached hydrogens (tertiary/aromatic N) is 1. The fraction of sp³-hybridized carbons (Fsp3) is 0.242. The standard InChI is InChI=1S/C33H35N3O5/c37-31(30(20-26-13-6-2-7-14-26)36-33(39)40-23-27-15-8-3-9-16-27)21-29(19-25-11-4-1-5-12-25)35-32(38)41-24-28-17-10-18-34-22-28/h1-18,22,29-31,37H,19-21,23-24H2,(H,35,38)(H,36,39). The van der Waals surface area contributed by atoms with E-state index in [0.29, 0.717) is 12.8 Å². The average Bonchev–Trinajstić information content (AvgIpc) is 3.01. The van der Waals surface area contributed by atoms with Crippen LogP contribution in [0.25, 0.3) is 0 Å². The predicted octanol–water partition coefficient (Wildman–Crippen LogP) is 5.21. The Labute approximate surface area is 240 Å². The number of benzene rings is 3. The zero-order chi connectivity index (χ0) is 28.7. The summed E-state index contributed by atoms with van der Waals surface area (Å²) in [6.07, 6.45) is 2.09. The first-order valence-electron chi connectivity index (χ1n) is 13.6. The summed E-state index contributed by atoms with van der Waals surface area (Å²) in [5.41, 5.74) is 3.57. The molecule has 0 aliphatic heterocycles. The molecule has 4 aromatic rings. The molecule has 0 saturated carbocycles. The van der Waals surface area contributed by atoms with Gasteiger partial charge < -0.3 is 25.2 Å². The number of aromatic nitrogens is 1. The average molecular weight is 554 g/mol. The van der Waals surface area contributed by atoms with Crippen molar-refractivity contribution in [2.75, 3.05) is 0 Å². The molecule has 0 aliphatic rings. The van der Waals surface area contributed by atoms with Crippen LogP contribution in [0.4, 0.5) is 9.59 Å². The molecule has 1 heterocycles. The Kier molecular flexibility index (Phi) is 11.3. The SMILES string of the molecule is O=C(NC(Cc1ccccc1)CC(O)C(Cc1ccccc1)NC(=O)OCc1ccccc1)OCc1cccnc1. The maximum atomic E-state index is 12.8. The number of hydrogen-bond donors (Lipinski definition) is 3. The van der Waals surface area contributed by atoms with Gasteiger partial charge in [0.05, 0.1) is 12.1 Å². The number of amides is 2. The fourth-order valence-corrected chi connectivity index (χ4v) is 4.46. The van der Waals surface area contributed by atoms with Crippen LogP contribution in [-0.2, 0) is 35.5 Å². The first-order valence-corrected chi connectivity index (χ1v) is 13.6. The second-order valence-corrected chi connectivity index (χ2v) is 9.77. The number of rotatable bonds is 13. The van der Waals surface area contributed by atoms with Crippen LogP contribution in [0, 0.1) is 0 Å². The molecule has 3 N–H and O–H groups in total. The predicted molar refractivity (Wildman–Crippen MR) is 156 cm³/mol. The van der Waals surface area contributed by atoms with E-state index in [-0.39, 0.29) is 19.6 Å². The van der Waals surface area contributed by atoms with Gasteiger partial charge in [0.25, 0.3) is 0 Å². The highest BCUT2D eigenvalue weighted by atomic mass is 16.6. The molecule has 3 unspecified atom stereocenters. The van der Waals surface area contributed by atoms with Gasteiger partial charge in [-0.25, -0.2) is 9.59 Å². The number of aliphatic hydroxyl groups excluding tert-OH is 1. The minimum Gasteiger partial charge on any atom is -0.445 e. The van der Waals surface area contributed by atoms with Crippen molar-refractivity contribution in [2.24, 2.45) is 0 Å². The van der Waals surface area contributed by atoms with Gasteiger partial charge in [0.2, 0.25) is 0 Å². The van der Waals surface area contributed by atoms with Crippen molar-refractivity contribution in [2.45, 2.75) is 50.7 Å². The molecule has 41 heavy (non-hydrogen) atoms. The molecule has 0 fully saturated rings. The highest BCUT2D eigenvalue weighted by Crippen LogP contribution is 2.15. The quantitative estimate of drug-likeness (QED) is 0.210. The summed E-state index contributed by atoms with van der Waals surface area (Å²) < 4.78 is 10.8. The second kappa shape index (κ2) is 15.8. The van der Waals surface area contributed by atoms with E-state index in [4.69, 9.17) is 9.47 Å². The van der Waals surface area contributed by atoms with Crippen molar-refractivity contribution in [3.8, 4) is 0 Å². The zero-order valence-electron chi connectivity index (χ0n) is 22.8. The van der Waals surface area contributed by atoms with Crippen molar-refractivity contribution in [3.63, 3.8) is 0 Å². The van der Waals surface area contributed by atoms with E-state index in [2.05, 4.69) is 15.6 Å². The first kappa shape index (κ1) is 29.3. The third kappa shape index (κ3) is 10.4. The van der Waals surface area contributed by atoms with Gasteiger partial charge in [-0.1, -0.05) is 97.1 Å². The lowest BCUT2D eigenvalue weighted by Crippen LogP contribution is -2.48. The highest BCUT2D eigenvalue weighted by Gasteiger charge is 2.27. The van der Waals surface area contributed by atoms with E-state index in [9.17, 15) is 14.7 Å². The third-order valence-corrected chi connectivity index (χ3v) is 6.54. The first-order chi connectivity index (χ1) is 20.0. The summed E-state index contributed by atoms with van der Waals surface area (Å²) in [7, 11) is 0. The molecule has 0 bridgehead atoms. The minimum atomic E-state index is -0.994. The number of carbonyl (C=O) groups is 2. The van der Waals surface area contributed by atoms with Crippen LogP contribution in [0.3, 0.4) is 0 Å². The highest BCUT2D eigenvalue weighted by molar-refractivity contribution is 5.68. The molecule has 3 atom stereocenters. The van der Waals surface area contributed by atoms with Crippen LogP contribution in [0.2, 0.25) is 0 Å². The number of pyridine rings is 1. The smallest absolute Gasteiger partial charge is 0.407 e. The van der Waals surface area contributed by atoms with Gasteiger partial charge in [0.1, 0.15) is 13.2 Å². The molecular formula is C33H35N3O5. The van der Waals surface area contributed by atoms with E-state index in [0.717, 1.165) is 22.3 Å². The van der Waals surface area contributed by atoms with Gasteiger partial charge in [-0.3, -0.25) is 4.98 Å². The Hall–Kier alpha value is -4.69. The lowest BCUT2D eigenvalue weighted by atomic mass is 9.94. The van der Waals surface area contributed by atoms with Crippen LogP contribution >= 0.6 is 0 Å². The molecule has 2 amide bonds. The van der Waals surface area contributed by atoms with Crippen molar-refractivity contribution in [1.82, 2.24) is 15.6 Å². The van der Waals surface area contributed by atoms with E-state index in [1.807, 2.05) is 97.1 Å². The number of aliphatic hydroxyl groups is 1. The van der Waals surface area contributed by atoms with Gasteiger partial charge in [-0.05, 0) is 42.0 Å². The fourth-order valence-electron chi connectivity index (χ4n) is 4.46. The summed E-state index contributed by atoms with van der Waals surface area (Å²) in [6, 6.07) is 31.1. The molecule has 3 aromatic carbocycles. The maximum Gasteiger partial charge on any atom is 0.407 e. The van der Waals surface area contributed by atoms with Crippen LogP contribution in [0.5, 0.6) is 0 Å². The summed E-state index contributed by atoms with van der Waals surface area (Å²) in [5, 5.41) is 17.1. The molecule has 0 aliphatic carbocycles. The third-order valence-electron chi connectivity index (χ3n) is 6.54. The molecule has 0 radical (unpaired) electrons. The van der Waals surface area contributed by atoms with Crippen LogP contribution in [-0.4, -0.2) is 40.5 Å². The lowest BCUT2D eigenvalue weighted by molar-refractivity contribution is 0.0861. The van der Waals surface area contributed by atoms with Crippen LogP contribution < -0.4 is 10.6 Å². The molecule has 1 aromatic heterocycles. The lowest BCUT2D eigenvalue weighted by Gasteiger charge is -2.28. The summed E-state index contributed by atoms with van der Waals surface area (Å²) in [4.78, 5) is 29.5. The molecule has 0 saturated heterocycles. The Morgan fingerprint density at radius 1 is 0.659 bits per heavy atom. The molecule has 0 spiro atoms. The van der Waals surface area contributed by atoms with E-state index in [1.54, 1.807) is 18.5 Å². The molecule has 4 rings (SSSR count). The second-order valence-electron chi connectivity index (χ2n) is 9.77. The molecule has 212 valence electrons. The van der Waals surface area contributed by atoms with Gasteiger partial charge in [0, 0.05) is 24.0 Å². The molecule has 8 heteroatoms. The number of carbonyl (C=O) groups excluding carboxylic acids is 2. The molecular weight excluding hydrogens is 518 g/mol. The van der Waals surface area contributed by atoms with Gasteiger partial charge in [0.15, 0.2) is 0 Å². The largest absolute Gasteiger partial charge is 0.445 e. The summed E-state index contributed by atoms with van der Waals surface area (Å²) >= 11 is 0. The Balaban J connectivity index is 1.43. The van der Waals surface area contributed by atoms with Crippen molar-refractivity contribution >= 4 is 12.2 Å². The number of nitrogens with one attached hydrogen (secondary N) is 2. The Morgan fingerprint density at radius 3 is 1.76 bits per heavy atom. The minimum absolute atomic E-state index is 0.0751. The Morgan fingerprint density at radius 2 is 1.17 bits per heavy atom. The normalized spacial score (nSPS) is 12.9.